The first-order valence-electron chi connectivity index (χ1n) is 7.08. The van der Waals surface area contributed by atoms with Crippen molar-refractivity contribution in [2.24, 2.45) is 0 Å². The molecular weight excluding hydrogens is 252 g/mol. The number of methoxy groups -OCH3 is 1. The van der Waals surface area contributed by atoms with E-state index in [1.807, 2.05) is 14.0 Å². The van der Waals surface area contributed by atoms with Crippen LogP contribution in [0.4, 0.5) is 5.69 Å². The van der Waals surface area contributed by atoms with Crippen LogP contribution in [0.1, 0.15) is 25.3 Å². The fourth-order valence-electron chi connectivity index (χ4n) is 2.44. The van der Waals surface area contributed by atoms with Crippen LogP contribution in [0.15, 0.2) is 24.3 Å². The van der Waals surface area contributed by atoms with Gasteiger partial charge in [-0.3, -0.25) is 5.32 Å². The predicted octanol–water partition coefficient (Wildman–Crippen LogP) is 2.11. The van der Waals surface area contributed by atoms with Crippen LogP contribution in [-0.2, 0) is 9.53 Å². The average molecular weight is 276 g/mol. The van der Waals surface area contributed by atoms with Gasteiger partial charge in [-0.1, -0.05) is 17.7 Å². The monoisotopic (exact) mass is 276 g/mol. The Morgan fingerprint density at radius 1 is 1.40 bits per heavy atom. The van der Waals surface area contributed by atoms with Gasteiger partial charge in [0.05, 0.1) is 7.11 Å². The molecule has 0 bridgehead atoms. The van der Waals surface area contributed by atoms with Crippen molar-refractivity contribution in [3.63, 3.8) is 0 Å². The van der Waals surface area contributed by atoms with Crippen LogP contribution in [0.25, 0.3) is 0 Å². The first kappa shape index (κ1) is 14.9. The van der Waals surface area contributed by atoms with Gasteiger partial charge >= 0.3 is 5.97 Å². The zero-order chi connectivity index (χ0) is 14.8. The van der Waals surface area contributed by atoms with Crippen molar-refractivity contribution in [1.29, 1.82) is 0 Å². The van der Waals surface area contributed by atoms with Gasteiger partial charge in [-0.25, -0.2) is 4.79 Å². The normalized spacial score (nSPS) is 17.4. The van der Waals surface area contributed by atoms with E-state index in [9.17, 15) is 4.79 Å². The Morgan fingerprint density at radius 3 is 2.50 bits per heavy atom. The minimum Gasteiger partial charge on any atom is -0.468 e. The van der Waals surface area contributed by atoms with Gasteiger partial charge in [0.1, 0.15) is 5.54 Å². The van der Waals surface area contributed by atoms with Crippen molar-refractivity contribution in [3.8, 4) is 0 Å². The predicted molar refractivity (Wildman–Crippen MR) is 81.0 cm³/mol. The van der Waals surface area contributed by atoms with E-state index in [0.717, 1.165) is 18.5 Å². The van der Waals surface area contributed by atoms with Gasteiger partial charge < -0.3 is 9.64 Å². The third-order valence-electron chi connectivity index (χ3n) is 3.76. The second kappa shape index (κ2) is 5.83. The molecular formula is C16H24N2O2. The zero-order valence-corrected chi connectivity index (χ0v) is 12.8. The first-order valence-corrected chi connectivity index (χ1v) is 7.08. The SMILES string of the molecule is COC(=O)C(C)(CN(C)c1ccc(C)cc1)NC1CC1. The van der Waals surface area contributed by atoms with Crippen molar-refractivity contribution in [2.45, 2.75) is 38.3 Å². The maximum atomic E-state index is 12.1. The van der Waals surface area contributed by atoms with Crippen LogP contribution in [0.3, 0.4) is 0 Å². The summed E-state index contributed by atoms with van der Waals surface area (Å²) in [5, 5.41) is 3.41. The first-order chi connectivity index (χ1) is 9.44. The fourth-order valence-corrected chi connectivity index (χ4v) is 2.44. The Morgan fingerprint density at radius 2 is 2.00 bits per heavy atom. The summed E-state index contributed by atoms with van der Waals surface area (Å²) in [4.78, 5) is 14.2. The van der Waals surface area contributed by atoms with E-state index in [1.165, 1.54) is 12.7 Å². The van der Waals surface area contributed by atoms with Crippen molar-refractivity contribution in [2.75, 3.05) is 25.6 Å². The number of carbonyl (C=O) groups excluding carboxylic acids is 1. The van der Waals surface area contributed by atoms with Crippen LogP contribution < -0.4 is 10.2 Å². The summed E-state index contributed by atoms with van der Waals surface area (Å²) in [5.41, 5.74) is 1.66. The second-order valence-electron chi connectivity index (χ2n) is 5.93. The molecule has 0 amide bonds. The summed E-state index contributed by atoms with van der Waals surface area (Å²) in [5.74, 6) is -0.205. The molecule has 0 aliphatic heterocycles. The Balaban J connectivity index is 2.09. The largest absolute Gasteiger partial charge is 0.468 e. The molecule has 110 valence electrons. The molecule has 1 aliphatic rings. The fraction of sp³-hybridized carbons (Fsp3) is 0.562. The van der Waals surface area contributed by atoms with E-state index in [0.29, 0.717) is 12.6 Å². The van der Waals surface area contributed by atoms with Crippen molar-refractivity contribution < 1.29 is 9.53 Å². The summed E-state index contributed by atoms with van der Waals surface area (Å²) < 4.78 is 4.97. The number of ether oxygens (including phenoxy) is 1. The number of nitrogens with one attached hydrogen (secondary N) is 1. The lowest BCUT2D eigenvalue weighted by Crippen LogP contribution is -2.57. The summed E-state index contributed by atoms with van der Waals surface area (Å²) in [6.07, 6.45) is 2.28. The molecule has 1 aromatic carbocycles. The highest BCUT2D eigenvalue weighted by atomic mass is 16.5. The van der Waals surface area contributed by atoms with Gasteiger partial charge in [-0.15, -0.1) is 0 Å². The molecule has 2 rings (SSSR count). The molecule has 1 fully saturated rings. The summed E-state index contributed by atoms with van der Waals surface area (Å²) in [6, 6.07) is 8.75. The number of carbonyl (C=O) groups is 1. The average Bonchev–Trinajstić information content (AvgIpc) is 3.22. The highest BCUT2D eigenvalue weighted by molar-refractivity contribution is 5.81. The number of hydrogen-bond acceptors (Lipinski definition) is 4. The van der Waals surface area contributed by atoms with Gasteiger partial charge in [0, 0.05) is 25.3 Å². The summed E-state index contributed by atoms with van der Waals surface area (Å²) in [6.45, 7) is 4.57. The van der Waals surface area contributed by atoms with Gasteiger partial charge in [0.25, 0.3) is 0 Å². The van der Waals surface area contributed by atoms with E-state index in [-0.39, 0.29) is 5.97 Å². The van der Waals surface area contributed by atoms with Crippen molar-refractivity contribution >= 4 is 11.7 Å². The molecule has 0 aromatic heterocycles. The van der Waals surface area contributed by atoms with E-state index < -0.39 is 5.54 Å². The van der Waals surface area contributed by atoms with E-state index in [2.05, 4.69) is 41.4 Å². The van der Waals surface area contributed by atoms with E-state index >= 15 is 0 Å². The van der Waals surface area contributed by atoms with Gasteiger partial charge in [0.15, 0.2) is 0 Å². The van der Waals surface area contributed by atoms with Crippen LogP contribution in [0.2, 0.25) is 0 Å². The highest BCUT2D eigenvalue weighted by Crippen LogP contribution is 2.25. The van der Waals surface area contributed by atoms with E-state index in [4.69, 9.17) is 4.74 Å². The molecule has 1 saturated carbocycles. The maximum Gasteiger partial charge on any atom is 0.327 e. The number of rotatable bonds is 6. The quantitative estimate of drug-likeness (QED) is 0.808. The molecule has 4 heteroatoms. The van der Waals surface area contributed by atoms with E-state index in [1.54, 1.807) is 0 Å². The number of likely N-dealkylation sites (N-methyl/N-ethyl adjacent to an activating group) is 1. The Kier molecular flexibility index (Phi) is 4.33. The number of esters is 1. The minimum atomic E-state index is -0.671. The second-order valence-corrected chi connectivity index (χ2v) is 5.93. The molecule has 0 heterocycles. The molecule has 0 saturated heterocycles. The summed E-state index contributed by atoms with van der Waals surface area (Å²) >= 11 is 0. The Bertz CT molecular complexity index is 468. The molecule has 0 radical (unpaired) electrons. The topological polar surface area (TPSA) is 41.6 Å². The zero-order valence-electron chi connectivity index (χ0n) is 12.8. The molecule has 20 heavy (non-hydrogen) atoms. The molecule has 1 unspecified atom stereocenters. The number of benzene rings is 1. The molecule has 0 spiro atoms. The van der Waals surface area contributed by atoms with Crippen LogP contribution >= 0.6 is 0 Å². The van der Waals surface area contributed by atoms with Crippen LogP contribution in [-0.4, -0.2) is 38.3 Å². The van der Waals surface area contributed by atoms with Crippen molar-refractivity contribution in [3.05, 3.63) is 29.8 Å². The van der Waals surface area contributed by atoms with Gasteiger partial charge in [0.2, 0.25) is 0 Å². The summed E-state index contributed by atoms with van der Waals surface area (Å²) in [7, 11) is 3.45. The maximum absolute atomic E-state index is 12.1. The third kappa shape index (κ3) is 3.51. The highest BCUT2D eigenvalue weighted by Gasteiger charge is 2.40. The molecule has 1 atom stereocenters. The molecule has 1 aliphatic carbocycles. The lowest BCUT2D eigenvalue weighted by atomic mass is 10.0. The van der Waals surface area contributed by atoms with Gasteiger partial charge in [-0.2, -0.15) is 0 Å². The lowest BCUT2D eigenvalue weighted by molar-refractivity contribution is -0.147. The number of aryl methyl sites for hydroxylation is 1. The Hall–Kier alpha value is -1.55. The smallest absolute Gasteiger partial charge is 0.327 e. The van der Waals surface area contributed by atoms with Crippen molar-refractivity contribution in [1.82, 2.24) is 5.32 Å². The third-order valence-corrected chi connectivity index (χ3v) is 3.76. The lowest BCUT2D eigenvalue weighted by Gasteiger charge is -2.33. The number of hydrogen-bond donors (Lipinski definition) is 1. The molecule has 1 aromatic rings. The number of anilines is 1. The standard InChI is InChI=1S/C16H24N2O2/c1-12-5-9-14(10-6-12)18(3)11-16(2,15(19)20-4)17-13-7-8-13/h5-6,9-10,13,17H,7-8,11H2,1-4H3. The minimum absolute atomic E-state index is 0.205. The number of nitrogens with zero attached hydrogens (tertiary/aromatic N) is 1. The van der Waals surface area contributed by atoms with Crippen LogP contribution in [0, 0.1) is 6.92 Å². The van der Waals surface area contributed by atoms with Crippen LogP contribution in [0.5, 0.6) is 0 Å². The Labute approximate surface area is 121 Å². The van der Waals surface area contributed by atoms with Gasteiger partial charge in [-0.05, 0) is 38.8 Å². The molecule has 1 N–H and O–H groups in total. The molecule has 4 nitrogen and oxygen atoms in total.